The third-order valence-electron chi connectivity index (χ3n) is 3.06. The summed E-state index contributed by atoms with van der Waals surface area (Å²) in [5.41, 5.74) is 0. The van der Waals surface area contributed by atoms with Crippen molar-refractivity contribution in [3.8, 4) is 0 Å². The third-order valence-corrected chi connectivity index (χ3v) is 3.06. The Hall–Kier alpha value is -0.570. The number of hydrogen-bond donors (Lipinski definition) is 0. The van der Waals surface area contributed by atoms with Crippen molar-refractivity contribution >= 4 is 5.91 Å². The minimum Gasteiger partial charge on any atom is -0.377 e. The standard InChI is InChI=1S/C13H25NO2/c1-4-5-8-13(15)14-9-6-7-12(14)10-16-11(2)3/h11-12H,4-10H2,1-3H3. The number of hydrogen-bond acceptors (Lipinski definition) is 2. The van der Waals surface area contributed by atoms with Crippen molar-refractivity contribution in [2.24, 2.45) is 0 Å². The van der Waals surface area contributed by atoms with Crippen molar-refractivity contribution in [3.05, 3.63) is 0 Å². The number of rotatable bonds is 6. The van der Waals surface area contributed by atoms with Gasteiger partial charge in [-0.15, -0.1) is 0 Å². The first-order valence-corrected chi connectivity index (χ1v) is 6.56. The van der Waals surface area contributed by atoms with Crippen LogP contribution >= 0.6 is 0 Å². The molecule has 3 nitrogen and oxygen atoms in total. The number of nitrogens with zero attached hydrogens (tertiary/aromatic N) is 1. The highest BCUT2D eigenvalue weighted by Crippen LogP contribution is 2.19. The van der Waals surface area contributed by atoms with Crippen LogP contribution in [0, 0.1) is 0 Å². The lowest BCUT2D eigenvalue weighted by atomic mass is 10.2. The molecule has 0 N–H and O–H groups in total. The Bertz CT molecular complexity index is 216. The van der Waals surface area contributed by atoms with Crippen molar-refractivity contribution in [2.45, 2.75) is 65.0 Å². The number of ether oxygens (including phenoxy) is 1. The van der Waals surface area contributed by atoms with Crippen LogP contribution in [0.25, 0.3) is 0 Å². The minimum absolute atomic E-state index is 0.258. The maximum atomic E-state index is 11.9. The predicted octanol–water partition coefficient (Wildman–Crippen LogP) is 2.59. The van der Waals surface area contributed by atoms with Gasteiger partial charge in [0.2, 0.25) is 5.91 Å². The first-order chi connectivity index (χ1) is 7.65. The van der Waals surface area contributed by atoms with Crippen LogP contribution in [-0.2, 0) is 9.53 Å². The summed E-state index contributed by atoms with van der Waals surface area (Å²) in [6.45, 7) is 7.83. The van der Waals surface area contributed by atoms with E-state index < -0.39 is 0 Å². The lowest BCUT2D eigenvalue weighted by molar-refractivity contribution is -0.133. The molecule has 1 aliphatic heterocycles. The molecule has 1 saturated heterocycles. The van der Waals surface area contributed by atoms with Crippen molar-refractivity contribution in [2.75, 3.05) is 13.2 Å². The average Bonchev–Trinajstić information content (AvgIpc) is 2.71. The van der Waals surface area contributed by atoms with Crippen LogP contribution in [0.3, 0.4) is 0 Å². The summed E-state index contributed by atoms with van der Waals surface area (Å²) in [7, 11) is 0. The van der Waals surface area contributed by atoms with Gasteiger partial charge in [0.05, 0.1) is 18.8 Å². The lowest BCUT2D eigenvalue weighted by Gasteiger charge is -2.25. The fraction of sp³-hybridized carbons (Fsp3) is 0.923. The summed E-state index contributed by atoms with van der Waals surface area (Å²) in [5.74, 6) is 0.316. The molecule has 1 unspecified atom stereocenters. The van der Waals surface area contributed by atoms with E-state index in [1.807, 2.05) is 18.7 Å². The Labute approximate surface area is 99.1 Å². The normalized spacial score (nSPS) is 20.8. The quantitative estimate of drug-likeness (QED) is 0.698. The van der Waals surface area contributed by atoms with Gasteiger partial charge >= 0.3 is 0 Å². The van der Waals surface area contributed by atoms with E-state index in [4.69, 9.17) is 4.74 Å². The van der Waals surface area contributed by atoms with Crippen LogP contribution in [0.5, 0.6) is 0 Å². The van der Waals surface area contributed by atoms with Crippen LogP contribution in [0.2, 0.25) is 0 Å². The highest BCUT2D eigenvalue weighted by molar-refractivity contribution is 5.76. The first kappa shape index (κ1) is 13.5. The zero-order valence-corrected chi connectivity index (χ0v) is 10.9. The Morgan fingerprint density at radius 3 is 2.88 bits per heavy atom. The van der Waals surface area contributed by atoms with Crippen LogP contribution in [0.1, 0.15) is 52.9 Å². The number of likely N-dealkylation sites (tertiary alicyclic amines) is 1. The SMILES string of the molecule is CCCCC(=O)N1CCCC1COC(C)C. The summed E-state index contributed by atoms with van der Waals surface area (Å²) >= 11 is 0. The fourth-order valence-electron chi connectivity index (χ4n) is 2.11. The molecule has 0 spiro atoms. The van der Waals surface area contributed by atoms with E-state index in [1.165, 1.54) is 0 Å². The fourth-order valence-corrected chi connectivity index (χ4v) is 2.11. The molecule has 1 aliphatic rings. The molecule has 0 aromatic rings. The molecule has 3 heteroatoms. The molecule has 16 heavy (non-hydrogen) atoms. The van der Waals surface area contributed by atoms with Gasteiger partial charge in [0.25, 0.3) is 0 Å². The first-order valence-electron chi connectivity index (χ1n) is 6.56. The van der Waals surface area contributed by atoms with E-state index in [2.05, 4.69) is 6.92 Å². The van der Waals surface area contributed by atoms with Crippen LogP contribution in [0.4, 0.5) is 0 Å². The second kappa shape index (κ2) is 6.89. The Balaban J connectivity index is 2.36. The molecule has 0 aromatic heterocycles. The Kier molecular flexibility index (Phi) is 5.81. The maximum absolute atomic E-state index is 11.9. The van der Waals surface area contributed by atoms with Gasteiger partial charge in [0.15, 0.2) is 0 Å². The molecule has 0 aromatic carbocycles. The van der Waals surface area contributed by atoms with Gasteiger partial charge in [-0.05, 0) is 33.1 Å². The zero-order valence-electron chi connectivity index (χ0n) is 10.9. The molecule has 1 heterocycles. The Morgan fingerprint density at radius 1 is 1.50 bits per heavy atom. The summed E-state index contributed by atoms with van der Waals surface area (Å²) in [4.78, 5) is 14.0. The highest BCUT2D eigenvalue weighted by atomic mass is 16.5. The third kappa shape index (κ3) is 4.12. The second-order valence-corrected chi connectivity index (χ2v) is 4.87. The highest BCUT2D eigenvalue weighted by Gasteiger charge is 2.28. The van der Waals surface area contributed by atoms with Gasteiger partial charge < -0.3 is 9.64 Å². The average molecular weight is 227 g/mol. The van der Waals surface area contributed by atoms with Crippen molar-refractivity contribution in [1.82, 2.24) is 4.90 Å². The van der Waals surface area contributed by atoms with Crippen molar-refractivity contribution in [3.63, 3.8) is 0 Å². The maximum Gasteiger partial charge on any atom is 0.222 e. The summed E-state index contributed by atoms with van der Waals surface area (Å²) in [5, 5.41) is 0. The van der Waals surface area contributed by atoms with Gasteiger partial charge in [-0.3, -0.25) is 4.79 Å². The molecule has 0 saturated carbocycles. The summed E-state index contributed by atoms with van der Waals surface area (Å²) in [6.07, 6.45) is 5.29. The molecular formula is C13H25NO2. The zero-order chi connectivity index (χ0) is 12.0. The monoisotopic (exact) mass is 227 g/mol. The number of unbranched alkanes of at least 4 members (excludes halogenated alkanes) is 1. The van der Waals surface area contributed by atoms with Crippen molar-refractivity contribution in [1.29, 1.82) is 0 Å². The molecule has 1 amide bonds. The molecule has 0 bridgehead atoms. The van der Waals surface area contributed by atoms with Crippen LogP contribution in [-0.4, -0.2) is 36.1 Å². The lowest BCUT2D eigenvalue weighted by Crippen LogP contribution is -2.38. The second-order valence-electron chi connectivity index (χ2n) is 4.87. The predicted molar refractivity (Wildman–Crippen MR) is 65.3 cm³/mol. The Morgan fingerprint density at radius 2 is 2.25 bits per heavy atom. The van der Waals surface area contributed by atoms with Gasteiger partial charge in [0.1, 0.15) is 0 Å². The van der Waals surface area contributed by atoms with Gasteiger partial charge in [-0.1, -0.05) is 13.3 Å². The molecule has 1 rings (SSSR count). The van der Waals surface area contributed by atoms with Crippen molar-refractivity contribution < 1.29 is 9.53 Å². The molecular weight excluding hydrogens is 202 g/mol. The summed E-state index contributed by atoms with van der Waals surface area (Å²) in [6, 6.07) is 0.326. The van der Waals surface area contributed by atoms with Crippen LogP contribution in [0.15, 0.2) is 0 Å². The molecule has 94 valence electrons. The van der Waals surface area contributed by atoms with Gasteiger partial charge in [0, 0.05) is 13.0 Å². The molecule has 1 atom stereocenters. The molecule has 0 radical (unpaired) electrons. The summed E-state index contributed by atoms with van der Waals surface area (Å²) < 4.78 is 5.62. The van der Waals surface area contributed by atoms with E-state index in [1.54, 1.807) is 0 Å². The van der Waals surface area contributed by atoms with Gasteiger partial charge in [-0.25, -0.2) is 0 Å². The largest absolute Gasteiger partial charge is 0.377 e. The minimum atomic E-state index is 0.258. The number of carbonyl (C=O) groups is 1. The number of amides is 1. The van der Waals surface area contributed by atoms with E-state index in [9.17, 15) is 4.79 Å². The van der Waals surface area contributed by atoms with Crippen LogP contribution < -0.4 is 0 Å². The van der Waals surface area contributed by atoms with E-state index in [-0.39, 0.29) is 6.10 Å². The molecule has 1 fully saturated rings. The topological polar surface area (TPSA) is 29.5 Å². The van der Waals surface area contributed by atoms with E-state index in [0.29, 0.717) is 25.0 Å². The molecule has 0 aliphatic carbocycles. The smallest absolute Gasteiger partial charge is 0.222 e. The van der Waals surface area contributed by atoms with E-state index >= 15 is 0 Å². The number of carbonyl (C=O) groups excluding carboxylic acids is 1. The van der Waals surface area contributed by atoms with E-state index in [0.717, 1.165) is 32.2 Å². The van der Waals surface area contributed by atoms with Gasteiger partial charge in [-0.2, -0.15) is 0 Å².